The largest absolute Gasteiger partial charge is 0.486 e. The van der Waals surface area contributed by atoms with Crippen molar-refractivity contribution < 1.29 is 4.74 Å². The van der Waals surface area contributed by atoms with E-state index in [0.717, 1.165) is 12.3 Å². The Morgan fingerprint density at radius 2 is 1.57 bits per heavy atom. The molecule has 0 spiro atoms. The van der Waals surface area contributed by atoms with Gasteiger partial charge in [-0.25, -0.2) is 0 Å². The van der Waals surface area contributed by atoms with Crippen LogP contribution in [0.5, 0.6) is 5.75 Å². The lowest BCUT2D eigenvalue weighted by Crippen LogP contribution is -2.35. The molecule has 2 rings (SSSR count). The summed E-state index contributed by atoms with van der Waals surface area (Å²) in [6.07, 6.45) is 0.0600. The van der Waals surface area contributed by atoms with E-state index in [1.165, 1.54) is 11.1 Å². The summed E-state index contributed by atoms with van der Waals surface area (Å²) in [6.45, 7) is 9.46. The molecule has 112 valence electrons. The molecule has 2 nitrogen and oxygen atoms in total. The molecule has 2 heteroatoms. The van der Waals surface area contributed by atoms with E-state index >= 15 is 0 Å². The van der Waals surface area contributed by atoms with Crippen LogP contribution < -0.4 is 10.1 Å². The lowest BCUT2D eigenvalue weighted by molar-refractivity contribution is 0.227. The highest BCUT2D eigenvalue weighted by atomic mass is 16.5. The molecule has 0 bridgehead atoms. The molecule has 21 heavy (non-hydrogen) atoms. The Bertz CT molecular complexity index is 540. The van der Waals surface area contributed by atoms with Gasteiger partial charge in [0.2, 0.25) is 0 Å². The molecule has 0 heterocycles. The molecule has 0 aromatic heterocycles. The van der Waals surface area contributed by atoms with Crippen molar-refractivity contribution in [3.05, 3.63) is 65.7 Å². The summed E-state index contributed by atoms with van der Waals surface area (Å²) in [4.78, 5) is 0. The summed E-state index contributed by atoms with van der Waals surface area (Å²) >= 11 is 0. The van der Waals surface area contributed by atoms with Crippen molar-refractivity contribution in [3.8, 4) is 5.75 Å². The Kier molecular flexibility index (Phi) is 5.03. The van der Waals surface area contributed by atoms with Gasteiger partial charge in [0.15, 0.2) is 0 Å². The van der Waals surface area contributed by atoms with Gasteiger partial charge in [0.25, 0.3) is 0 Å². The highest BCUT2D eigenvalue weighted by molar-refractivity contribution is 5.28. The molecule has 1 unspecified atom stereocenters. The van der Waals surface area contributed by atoms with Gasteiger partial charge in [-0.2, -0.15) is 0 Å². The predicted octanol–water partition coefficient (Wildman–Crippen LogP) is 4.71. The minimum atomic E-state index is 0.0600. The van der Waals surface area contributed by atoms with Gasteiger partial charge < -0.3 is 10.1 Å². The standard InChI is InChI=1S/C19H25NO/c1-15(17-8-6-5-7-9-17)21-18-12-10-16(11-13-18)14-20-19(2,3)4/h5-13,15,20H,14H2,1-4H3. The smallest absolute Gasteiger partial charge is 0.121 e. The third-order valence-corrected chi connectivity index (χ3v) is 3.33. The first-order valence-electron chi connectivity index (χ1n) is 7.50. The maximum atomic E-state index is 5.98. The first-order valence-corrected chi connectivity index (χ1v) is 7.50. The van der Waals surface area contributed by atoms with Gasteiger partial charge in [0.1, 0.15) is 11.9 Å². The Morgan fingerprint density at radius 1 is 0.952 bits per heavy atom. The molecule has 0 saturated carbocycles. The minimum absolute atomic E-state index is 0.0600. The molecule has 0 saturated heterocycles. The van der Waals surface area contributed by atoms with E-state index in [1.54, 1.807) is 0 Å². The highest BCUT2D eigenvalue weighted by Crippen LogP contribution is 2.21. The number of hydrogen-bond acceptors (Lipinski definition) is 2. The van der Waals surface area contributed by atoms with Crippen LogP contribution in [0.15, 0.2) is 54.6 Å². The fourth-order valence-electron chi connectivity index (χ4n) is 2.05. The van der Waals surface area contributed by atoms with Gasteiger partial charge in [-0.3, -0.25) is 0 Å². The van der Waals surface area contributed by atoms with Gasteiger partial charge in [-0.1, -0.05) is 42.5 Å². The fraction of sp³-hybridized carbons (Fsp3) is 0.368. The molecular weight excluding hydrogens is 258 g/mol. The molecule has 0 amide bonds. The molecule has 0 aliphatic rings. The highest BCUT2D eigenvalue weighted by Gasteiger charge is 2.09. The second-order valence-electron chi connectivity index (χ2n) is 6.42. The van der Waals surface area contributed by atoms with Crippen LogP contribution in [0.25, 0.3) is 0 Å². The quantitative estimate of drug-likeness (QED) is 0.857. The lowest BCUT2D eigenvalue weighted by Gasteiger charge is -2.20. The maximum Gasteiger partial charge on any atom is 0.121 e. The van der Waals surface area contributed by atoms with Crippen molar-refractivity contribution in [2.45, 2.75) is 45.9 Å². The number of benzene rings is 2. The van der Waals surface area contributed by atoms with E-state index in [9.17, 15) is 0 Å². The second kappa shape index (κ2) is 6.77. The van der Waals surface area contributed by atoms with Crippen LogP contribution in [0.2, 0.25) is 0 Å². The zero-order valence-corrected chi connectivity index (χ0v) is 13.4. The van der Waals surface area contributed by atoms with Gasteiger partial charge in [0.05, 0.1) is 0 Å². The van der Waals surface area contributed by atoms with Crippen molar-refractivity contribution >= 4 is 0 Å². The summed E-state index contributed by atoms with van der Waals surface area (Å²) in [5.74, 6) is 0.908. The van der Waals surface area contributed by atoms with E-state index in [4.69, 9.17) is 4.74 Å². The Balaban J connectivity index is 1.93. The second-order valence-corrected chi connectivity index (χ2v) is 6.42. The van der Waals surface area contributed by atoms with Crippen molar-refractivity contribution in [2.24, 2.45) is 0 Å². The van der Waals surface area contributed by atoms with Crippen molar-refractivity contribution in [1.29, 1.82) is 0 Å². The number of ether oxygens (including phenoxy) is 1. The summed E-state index contributed by atoms with van der Waals surface area (Å²) in [7, 11) is 0. The Hall–Kier alpha value is -1.80. The topological polar surface area (TPSA) is 21.3 Å². The number of nitrogens with one attached hydrogen (secondary N) is 1. The molecule has 2 aromatic rings. The van der Waals surface area contributed by atoms with Crippen molar-refractivity contribution in [1.82, 2.24) is 5.32 Å². The lowest BCUT2D eigenvalue weighted by atomic mass is 10.1. The minimum Gasteiger partial charge on any atom is -0.486 e. The van der Waals surface area contributed by atoms with E-state index in [2.05, 4.69) is 57.3 Å². The average Bonchev–Trinajstić information content (AvgIpc) is 2.46. The van der Waals surface area contributed by atoms with E-state index in [0.29, 0.717) is 0 Å². The normalized spacial score (nSPS) is 13.0. The first kappa shape index (κ1) is 15.6. The van der Waals surface area contributed by atoms with Crippen LogP contribution in [-0.4, -0.2) is 5.54 Å². The third kappa shape index (κ3) is 5.24. The van der Waals surface area contributed by atoms with E-state index in [1.807, 2.05) is 30.3 Å². The van der Waals surface area contributed by atoms with Crippen LogP contribution in [0.1, 0.15) is 44.9 Å². The molecule has 1 N–H and O–H groups in total. The monoisotopic (exact) mass is 283 g/mol. The molecule has 0 radical (unpaired) electrons. The summed E-state index contributed by atoms with van der Waals surface area (Å²) in [5.41, 5.74) is 2.59. The van der Waals surface area contributed by atoms with Crippen LogP contribution in [0.4, 0.5) is 0 Å². The number of hydrogen-bond donors (Lipinski definition) is 1. The Morgan fingerprint density at radius 3 is 2.14 bits per heavy atom. The SMILES string of the molecule is CC(Oc1ccc(CNC(C)(C)C)cc1)c1ccccc1. The van der Waals surface area contributed by atoms with Gasteiger partial charge in [-0.05, 0) is 51.0 Å². The average molecular weight is 283 g/mol. The van der Waals surface area contributed by atoms with Crippen LogP contribution in [0, 0.1) is 0 Å². The van der Waals surface area contributed by atoms with Gasteiger partial charge in [-0.15, -0.1) is 0 Å². The molecule has 1 atom stereocenters. The predicted molar refractivity (Wildman–Crippen MR) is 88.5 cm³/mol. The number of rotatable bonds is 5. The van der Waals surface area contributed by atoms with E-state index < -0.39 is 0 Å². The fourth-order valence-corrected chi connectivity index (χ4v) is 2.05. The molecule has 0 aliphatic carbocycles. The summed E-state index contributed by atoms with van der Waals surface area (Å²) < 4.78 is 5.98. The molecule has 0 aliphatic heterocycles. The first-order chi connectivity index (χ1) is 9.94. The van der Waals surface area contributed by atoms with Crippen LogP contribution >= 0.6 is 0 Å². The van der Waals surface area contributed by atoms with Crippen molar-refractivity contribution in [3.63, 3.8) is 0 Å². The van der Waals surface area contributed by atoms with Gasteiger partial charge >= 0.3 is 0 Å². The molecular formula is C19H25NO. The van der Waals surface area contributed by atoms with Crippen molar-refractivity contribution in [2.75, 3.05) is 0 Å². The molecule has 0 fully saturated rings. The molecule has 2 aromatic carbocycles. The Labute approximate surface area is 128 Å². The van der Waals surface area contributed by atoms with E-state index in [-0.39, 0.29) is 11.6 Å². The van der Waals surface area contributed by atoms with Crippen LogP contribution in [-0.2, 0) is 6.54 Å². The zero-order chi connectivity index (χ0) is 15.3. The zero-order valence-electron chi connectivity index (χ0n) is 13.4. The summed E-state index contributed by atoms with van der Waals surface area (Å²) in [6, 6.07) is 18.6. The third-order valence-electron chi connectivity index (χ3n) is 3.33. The van der Waals surface area contributed by atoms with Crippen LogP contribution in [0.3, 0.4) is 0 Å². The van der Waals surface area contributed by atoms with Gasteiger partial charge in [0, 0.05) is 12.1 Å². The summed E-state index contributed by atoms with van der Waals surface area (Å²) in [5, 5.41) is 3.48. The maximum absolute atomic E-state index is 5.98.